The van der Waals surface area contributed by atoms with Gasteiger partial charge in [-0.3, -0.25) is 15.0 Å². The number of nitrogens with zero attached hydrogens (tertiary/aromatic N) is 1. The molecule has 146 valence electrons. The van der Waals surface area contributed by atoms with Crippen LogP contribution in [0.15, 0.2) is 48.0 Å². The van der Waals surface area contributed by atoms with Gasteiger partial charge in [0.2, 0.25) is 0 Å². The number of carbonyl (C=O) groups excluding carboxylic acids is 2. The lowest BCUT2D eigenvalue weighted by Crippen LogP contribution is -2.35. The first-order valence-electron chi connectivity index (χ1n) is 9.06. The van der Waals surface area contributed by atoms with Crippen molar-refractivity contribution < 1.29 is 19.1 Å². The van der Waals surface area contributed by atoms with Crippen LogP contribution < -0.4 is 19.9 Å². The van der Waals surface area contributed by atoms with Crippen molar-refractivity contribution in [2.75, 3.05) is 18.2 Å². The highest BCUT2D eigenvalue weighted by molar-refractivity contribution is 14.1. The summed E-state index contributed by atoms with van der Waals surface area (Å²) in [5, 5.41) is 1.25. The van der Waals surface area contributed by atoms with E-state index in [0.717, 1.165) is 9.99 Å². The molecule has 0 saturated carbocycles. The highest BCUT2D eigenvalue weighted by Crippen LogP contribution is 2.35. The number of anilines is 1. The first-order valence-corrected chi connectivity index (χ1v) is 10.1. The van der Waals surface area contributed by atoms with Gasteiger partial charge in [0, 0.05) is 0 Å². The van der Waals surface area contributed by atoms with E-state index in [-0.39, 0.29) is 5.57 Å². The van der Waals surface area contributed by atoms with Gasteiger partial charge in [-0.05, 0) is 71.8 Å². The summed E-state index contributed by atoms with van der Waals surface area (Å²) in [7, 11) is 0. The number of nitrogens with one attached hydrogen (secondary N) is 1. The molecular formula is C21H21IN2O4. The van der Waals surface area contributed by atoms with Crippen LogP contribution >= 0.6 is 22.6 Å². The summed E-state index contributed by atoms with van der Waals surface area (Å²) in [5.74, 6) is 0.448. The Morgan fingerprint density at radius 1 is 1.11 bits per heavy atom. The number of benzene rings is 2. The minimum absolute atomic E-state index is 0.0735. The van der Waals surface area contributed by atoms with Crippen molar-refractivity contribution in [3.63, 3.8) is 0 Å². The van der Waals surface area contributed by atoms with Crippen LogP contribution in [-0.4, -0.2) is 25.0 Å². The third kappa shape index (κ3) is 4.30. The number of halogens is 1. The zero-order valence-corrected chi connectivity index (χ0v) is 17.9. The highest BCUT2D eigenvalue weighted by atomic mass is 127. The Morgan fingerprint density at radius 2 is 1.86 bits per heavy atom. The average molecular weight is 492 g/mol. The van der Waals surface area contributed by atoms with E-state index in [1.807, 2.05) is 38.1 Å². The van der Waals surface area contributed by atoms with E-state index in [1.165, 1.54) is 5.01 Å². The molecule has 0 aliphatic carbocycles. The summed E-state index contributed by atoms with van der Waals surface area (Å²) >= 11 is 2.17. The van der Waals surface area contributed by atoms with Crippen molar-refractivity contribution in [1.82, 2.24) is 5.43 Å². The predicted molar refractivity (Wildman–Crippen MR) is 116 cm³/mol. The molecule has 0 spiro atoms. The maximum absolute atomic E-state index is 12.7. The van der Waals surface area contributed by atoms with Crippen molar-refractivity contribution in [2.24, 2.45) is 0 Å². The van der Waals surface area contributed by atoms with Gasteiger partial charge in [-0.1, -0.05) is 25.1 Å². The molecule has 1 saturated heterocycles. The number of carbonyl (C=O) groups is 2. The summed E-state index contributed by atoms with van der Waals surface area (Å²) < 4.78 is 12.4. The molecule has 2 amide bonds. The summed E-state index contributed by atoms with van der Waals surface area (Å²) in [6, 6.07) is 12.6. The first kappa shape index (κ1) is 20.2. The fourth-order valence-electron chi connectivity index (χ4n) is 2.76. The van der Waals surface area contributed by atoms with Crippen LogP contribution in [0.5, 0.6) is 11.5 Å². The van der Waals surface area contributed by atoms with Gasteiger partial charge in [-0.15, -0.1) is 0 Å². The molecule has 0 unspecified atom stereocenters. The Balaban J connectivity index is 1.94. The maximum atomic E-state index is 12.7. The number of para-hydroxylation sites is 1. The molecule has 7 heteroatoms. The predicted octanol–water partition coefficient (Wildman–Crippen LogP) is 3.94. The van der Waals surface area contributed by atoms with E-state index >= 15 is 0 Å². The molecule has 0 aromatic heterocycles. The molecule has 28 heavy (non-hydrogen) atoms. The van der Waals surface area contributed by atoms with Gasteiger partial charge in [0.05, 0.1) is 22.5 Å². The van der Waals surface area contributed by atoms with E-state index in [2.05, 4.69) is 28.0 Å². The minimum Gasteiger partial charge on any atom is -0.490 e. The smallest absolute Gasteiger partial charge is 0.282 e. The number of hydrogen-bond donors (Lipinski definition) is 1. The van der Waals surface area contributed by atoms with Gasteiger partial charge >= 0.3 is 0 Å². The molecule has 0 atom stereocenters. The van der Waals surface area contributed by atoms with Gasteiger partial charge in [0.1, 0.15) is 5.57 Å². The molecule has 0 bridgehead atoms. The van der Waals surface area contributed by atoms with Gasteiger partial charge in [-0.2, -0.15) is 0 Å². The number of ether oxygens (including phenoxy) is 2. The zero-order valence-electron chi connectivity index (χ0n) is 15.7. The summed E-state index contributed by atoms with van der Waals surface area (Å²) in [6.07, 6.45) is 2.46. The Hall–Kier alpha value is -2.55. The molecule has 6 nitrogen and oxygen atoms in total. The van der Waals surface area contributed by atoms with E-state index in [4.69, 9.17) is 9.47 Å². The van der Waals surface area contributed by atoms with Crippen molar-refractivity contribution >= 4 is 46.2 Å². The minimum atomic E-state index is -0.437. The molecule has 3 rings (SSSR count). The first-order chi connectivity index (χ1) is 13.5. The van der Waals surface area contributed by atoms with Crippen molar-refractivity contribution in [3.05, 3.63) is 57.2 Å². The van der Waals surface area contributed by atoms with Crippen LogP contribution in [-0.2, 0) is 9.59 Å². The Morgan fingerprint density at radius 3 is 2.54 bits per heavy atom. The molecule has 0 radical (unpaired) electrons. The molecule has 1 fully saturated rings. The van der Waals surface area contributed by atoms with E-state index < -0.39 is 11.8 Å². The monoisotopic (exact) mass is 492 g/mol. The van der Waals surface area contributed by atoms with Crippen LogP contribution in [0.1, 0.15) is 25.8 Å². The van der Waals surface area contributed by atoms with Crippen molar-refractivity contribution in [2.45, 2.75) is 20.3 Å². The Bertz CT molecular complexity index is 912. The quantitative estimate of drug-likeness (QED) is 0.361. The second kappa shape index (κ2) is 9.09. The van der Waals surface area contributed by atoms with Gasteiger partial charge in [-0.25, -0.2) is 5.01 Å². The molecule has 2 aromatic rings. The van der Waals surface area contributed by atoms with E-state index in [1.54, 1.807) is 24.3 Å². The molecule has 2 aromatic carbocycles. The summed E-state index contributed by atoms with van der Waals surface area (Å²) in [4.78, 5) is 25.1. The summed E-state index contributed by atoms with van der Waals surface area (Å²) in [6.45, 7) is 5.01. The standard InChI is InChI=1S/C21H21IN2O4/c1-3-10-28-19-17(22)12-14(13-18(19)27-4-2)11-16-20(25)23-24(21(16)26)15-8-6-5-7-9-15/h5-9,11-13H,3-4,10H2,1-2H3,(H,23,25). The third-order valence-electron chi connectivity index (χ3n) is 4.00. The summed E-state index contributed by atoms with van der Waals surface area (Å²) in [5.41, 5.74) is 3.98. The van der Waals surface area contributed by atoms with Crippen LogP contribution in [0.3, 0.4) is 0 Å². The lowest BCUT2D eigenvalue weighted by Gasteiger charge is -2.14. The van der Waals surface area contributed by atoms with E-state index in [0.29, 0.717) is 36.0 Å². The maximum Gasteiger partial charge on any atom is 0.282 e. The lowest BCUT2D eigenvalue weighted by atomic mass is 10.1. The molecule has 1 aliphatic heterocycles. The number of hydrogen-bond acceptors (Lipinski definition) is 4. The van der Waals surface area contributed by atoms with Crippen molar-refractivity contribution in [1.29, 1.82) is 0 Å². The van der Waals surface area contributed by atoms with E-state index in [9.17, 15) is 9.59 Å². The topological polar surface area (TPSA) is 67.9 Å². The SMILES string of the molecule is CCCOc1c(I)cc(C=C2C(=O)NN(c3ccccc3)C2=O)cc1OCC. The number of amides is 2. The van der Waals surface area contributed by atoms with Gasteiger partial charge < -0.3 is 9.47 Å². The number of rotatable bonds is 7. The molecule has 1 heterocycles. The van der Waals surface area contributed by atoms with Crippen LogP contribution in [0.2, 0.25) is 0 Å². The normalized spacial score (nSPS) is 15.1. The molecule has 1 aliphatic rings. The van der Waals surface area contributed by atoms with Crippen LogP contribution in [0.4, 0.5) is 5.69 Å². The largest absolute Gasteiger partial charge is 0.490 e. The Kier molecular flexibility index (Phi) is 6.56. The average Bonchev–Trinajstić information content (AvgIpc) is 2.96. The van der Waals surface area contributed by atoms with Gasteiger partial charge in [0.25, 0.3) is 11.8 Å². The highest BCUT2D eigenvalue weighted by Gasteiger charge is 2.34. The van der Waals surface area contributed by atoms with Crippen LogP contribution in [0.25, 0.3) is 6.08 Å². The molecular weight excluding hydrogens is 471 g/mol. The molecule has 1 N–H and O–H groups in total. The lowest BCUT2D eigenvalue weighted by molar-refractivity contribution is -0.117. The van der Waals surface area contributed by atoms with Crippen molar-refractivity contribution in [3.8, 4) is 11.5 Å². The van der Waals surface area contributed by atoms with Gasteiger partial charge in [0.15, 0.2) is 11.5 Å². The Labute approximate surface area is 177 Å². The fourth-order valence-corrected chi connectivity index (χ4v) is 3.54. The third-order valence-corrected chi connectivity index (χ3v) is 4.80. The van der Waals surface area contributed by atoms with Crippen LogP contribution in [0, 0.1) is 3.57 Å². The second-order valence-electron chi connectivity index (χ2n) is 6.09. The second-order valence-corrected chi connectivity index (χ2v) is 7.25. The fraction of sp³-hybridized carbons (Fsp3) is 0.238. The zero-order chi connectivity index (χ0) is 20.1. The number of hydrazine groups is 1.